The summed E-state index contributed by atoms with van der Waals surface area (Å²) in [5.74, 6) is -0.629. The summed E-state index contributed by atoms with van der Waals surface area (Å²) in [6.45, 7) is 1.75. The Balaban J connectivity index is 2.43. The summed E-state index contributed by atoms with van der Waals surface area (Å²) >= 11 is 1.44. The van der Waals surface area contributed by atoms with Gasteiger partial charge < -0.3 is 4.74 Å². The quantitative estimate of drug-likeness (QED) is 0.761. The third-order valence-corrected chi connectivity index (χ3v) is 3.44. The van der Waals surface area contributed by atoms with Crippen molar-refractivity contribution in [2.75, 3.05) is 12.9 Å². The second kappa shape index (κ2) is 6.59. The van der Waals surface area contributed by atoms with E-state index in [9.17, 15) is 13.6 Å². The van der Waals surface area contributed by atoms with Crippen LogP contribution in [0.25, 0.3) is 0 Å². The fraction of sp³-hybridized carbons (Fsp3) is 0.417. The number of carbonyl (C=O) groups excluding carboxylic acids is 1. The molecule has 1 rings (SSSR count). The fourth-order valence-electron chi connectivity index (χ4n) is 1.32. The maximum Gasteiger partial charge on any atom is 0.309 e. The highest BCUT2D eigenvalue weighted by molar-refractivity contribution is 7.98. The van der Waals surface area contributed by atoms with E-state index in [0.717, 1.165) is 6.07 Å². The van der Waals surface area contributed by atoms with E-state index in [4.69, 9.17) is 0 Å². The average molecular weight is 260 g/mol. The van der Waals surface area contributed by atoms with Crippen LogP contribution in [0.2, 0.25) is 0 Å². The topological polar surface area (TPSA) is 26.3 Å². The lowest BCUT2D eigenvalue weighted by Crippen LogP contribution is -2.14. The van der Waals surface area contributed by atoms with Crippen molar-refractivity contribution in [3.05, 3.63) is 35.4 Å². The highest BCUT2D eigenvalue weighted by atomic mass is 32.2. The SMILES string of the molecule is COC(=O)C(C)CSCc1cc(F)cc(F)c1. The van der Waals surface area contributed by atoms with Crippen molar-refractivity contribution in [1.29, 1.82) is 0 Å². The second-order valence-corrected chi connectivity index (χ2v) is 4.75. The normalized spacial score (nSPS) is 12.2. The number of ether oxygens (including phenoxy) is 1. The zero-order valence-electron chi connectivity index (χ0n) is 9.70. The third-order valence-electron chi connectivity index (χ3n) is 2.16. The molecule has 1 aromatic rings. The lowest BCUT2D eigenvalue weighted by atomic mass is 10.2. The minimum Gasteiger partial charge on any atom is -0.469 e. The van der Waals surface area contributed by atoms with Gasteiger partial charge in [0.15, 0.2) is 0 Å². The molecule has 0 spiro atoms. The molecule has 0 aliphatic heterocycles. The van der Waals surface area contributed by atoms with Gasteiger partial charge in [-0.15, -0.1) is 0 Å². The van der Waals surface area contributed by atoms with Crippen molar-refractivity contribution < 1.29 is 18.3 Å². The minimum atomic E-state index is -0.582. The Hall–Kier alpha value is -1.10. The maximum atomic E-state index is 12.9. The van der Waals surface area contributed by atoms with Crippen LogP contribution in [0, 0.1) is 17.6 Å². The standard InChI is InChI=1S/C12H14F2O2S/c1-8(12(15)16-2)6-17-7-9-3-10(13)5-11(14)4-9/h3-5,8H,6-7H2,1-2H3. The van der Waals surface area contributed by atoms with E-state index in [-0.39, 0.29) is 11.9 Å². The summed E-state index contributed by atoms with van der Waals surface area (Å²) in [7, 11) is 1.34. The number of rotatable bonds is 5. The zero-order valence-corrected chi connectivity index (χ0v) is 10.5. The number of carbonyl (C=O) groups is 1. The monoisotopic (exact) mass is 260 g/mol. The highest BCUT2D eigenvalue weighted by Gasteiger charge is 2.12. The first-order chi connectivity index (χ1) is 8.02. The molecule has 2 nitrogen and oxygen atoms in total. The molecule has 0 bridgehead atoms. The number of esters is 1. The lowest BCUT2D eigenvalue weighted by molar-refractivity contribution is -0.143. The Morgan fingerprint density at radius 1 is 1.35 bits per heavy atom. The van der Waals surface area contributed by atoms with Crippen LogP contribution in [0.5, 0.6) is 0 Å². The molecule has 1 unspecified atom stereocenters. The summed E-state index contributed by atoms with van der Waals surface area (Å²) in [6.07, 6.45) is 0. The summed E-state index contributed by atoms with van der Waals surface area (Å²) in [6, 6.07) is 3.42. The maximum absolute atomic E-state index is 12.9. The molecule has 0 aliphatic carbocycles. The zero-order chi connectivity index (χ0) is 12.8. The molecule has 0 heterocycles. The van der Waals surface area contributed by atoms with Crippen LogP contribution < -0.4 is 0 Å². The van der Waals surface area contributed by atoms with Crippen LogP contribution in [0.15, 0.2) is 18.2 Å². The van der Waals surface area contributed by atoms with Crippen LogP contribution in [0.1, 0.15) is 12.5 Å². The van der Waals surface area contributed by atoms with E-state index >= 15 is 0 Å². The van der Waals surface area contributed by atoms with Crippen LogP contribution in [0.4, 0.5) is 8.78 Å². The van der Waals surface area contributed by atoms with Crippen molar-refractivity contribution in [2.45, 2.75) is 12.7 Å². The van der Waals surface area contributed by atoms with Crippen LogP contribution >= 0.6 is 11.8 Å². The van der Waals surface area contributed by atoms with E-state index in [1.165, 1.54) is 31.0 Å². The molecule has 1 aromatic carbocycles. The van der Waals surface area contributed by atoms with Gasteiger partial charge in [-0.1, -0.05) is 6.92 Å². The molecular formula is C12H14F2O2S. The fourth-order valence-corrected chi connectivity index (χ4v) is 2.33. The summed E-state index contributed by atoms with van der Waals surface area (Å²) in [5, 5.41) is 0. The van der Waals surface area contributed by atoms with Gasteiger partial charge in [-0.25, -0.2) is 8.78 Å². The Morgan fingerprint density at radius 3 is 2.47 bits per heavy atom. The van der Waals surface area contributed by atoms with Gasteiger partial charge in [0, 0.05) is 17.6 Å². The van der Waals surface area contributed by atoms with Crippen molar-refractivity contribution in [3.63, 3.8) is 0 Å². The summed E-state index contributed by atoms with van der Waals surface area (Å²) in [4.78, 5) is 11.1. The molecule has 1 atom stereocenters. The first-order valence-electron chi connectivity index (χ1n) is 5.13. The Morgan fingerprint density at radius 2 is 1.94 bits per heavy atom. The number of benzene rings is 1. The van der Waals surface area contributed by atoms with Gasteiger partial charge in [0.05, 0.1) is 13.0 Å². The number of hydrogen-bond acceptors (Lipinski definition) is 3. The van der Waals surface area contributed by atoms with Gasteiger partial charge in [0.25, 0.3) is 0 Å². The molecule has 0 saturated heterocycles. The van der Waals surface area contributed by atoms with E-state index in [0.29, 0.717) is 17.1 Å². The van der Waals surface area contributed by atoms with Gasteiger partial charge in [-0.2, -0.15) is 11.8 Å². The number of halogens is 2. The molecule has 0 amide bonds. The Labute approximate surface area is 103 Å². The molecule has 0 aromatic heterocycles. The lowest BCUT2D eigenvalue weighted by Gasteiger charge is -2.08. The first-order valence-corrected chi connectivity index (χ1v) is 6.29. The molecule has 0 radical (unpaired) electrons. The van der Waals surface area contributed by atoms with E-state index in [1.807, 2.05) is 0 Å². The smallest absolute Gasteiger partial charge is 0.309 e. The number of thioether (sulfide) groups is 1. The molecule has 94 valence electrons. The van der Waals surface area contributed by atoms with Crippen LogP contribution in [0.3, 0.4) is 0 Å². The van der Waals surface area contributed by atoms with Gasteiger partial charge in [-0.3, -0.25) is 4.79 Å². The van der Waals surface area contributed by atoms with Gasteiger partial charge >= 0.3 is 5.97 Å². The van der Waals surface area contributed by atoms with Crippen molar-refractivity contribution in [3.8, 4) is 0 Å². The van der Waals surface area contributed by atoms with Crippen LogP contribution in [-0.2, 0) is 15.3 Å². The first kappa shape index (κ1) is 14.0. The predicted octanol–water partition coefficient (Wildman–Crippen LogP) is 3.01. The largest absolute Gasteiger partial charge is 0.469 e. The molecule has 0 saturated carbocycles. The third kappa shape index (κ3) is 4.73. The summed E-state index contributed by atoms with van der Waals surface area (Å²) in [5.41, 5.74) is 0.574. The number of methoxy groups -OCH3 is 1. The minimum absolute atomic E-state index is 0.219. The molecule has 0 N–H and O–H groups in total. The highest BCUT2D eigenvalue weighted by Crippen LogP contribution is 2.18. The van der Waals surface area contributed by atoms with Crippen molar-refractivity contribution >= 4 is 17.7 Å². The van der Waals surface area contributed by atoms with Crippen LogP contribution in [-0.4, -0.2) is 18.8 Å². The summed E-state index contributed by atoms with van der Waals surface area (Å²) < 4.78 is 30.3. The Bertz CT molecular complexity index is 376. The number of hydrogen-bond donors (Lipinski definition) is 0. The second-order valence-electron chi connectivity index (χ2n) is 3.72. The molecule has 17 heavy (non-hydrogen) atoms. The molecule has 0 fully saturated rings. The predicted molar refractivity (Wildman–Crippen MR) is 63.7 cm³/mol. The van der Waals surface area contributed by atoms with Gasteiger partial charge in [-0.05, 0) is 17.7 Å². The van der Waals surface area contributed by atoms with Crippen molar-refractivity contribution in [2.24, 2.45) is 5.92 Å². The molecule has 5 heteroatoms. The van der Waals surface area contributed by atoms with E-state index in [2.05, 4.69) is 4.74 Å². The molecule has 0 aliphatic rings. The van der Waals surface area contributed by atoms with E-state index in [1.54, 1.807) is 6.92 Å². The Kier molecular flexibility index (Phi) is 5.41. The van der Waals surface area contributed by atoms with E-state index < -0.39 is 11.6 Å². The average Bonchev–Trinajstić information content (AvgIpc) is 2.26. The van der Waals surface area contributed by atoms with Gasteiger partial charge in [0.1, 0.15) is 11.6 Å². The molecular weight excluding hydrogens is 246 g/mol. The van der Waals surface area contributed by atoms with Crippen molar-refractivity contribution in [1.82, 2.24) is 0 Å². The van der Waals surface area contributed by atoms with Gasteiger partial charge in [0.2, 0.25) is 0 Å².